The lowest BCUT2D eigenvalue weighted by Gasteiger charge is -2.32. The van der Waals surface area contributed by atoms with Crippen molar-refractivity contribution in [1.29, 1.82) is 0 Å². The highest BCUT2D eigenvalue weighted by Gasteiger charge is 2.30. The van der Waals surface area contributed by atoms with E-state index in [1.165, 1.54) is 17.4 Å². The van der Waals surface area contributed by atoms with Gasteiger partial charge in [0.15, 0.2) is 5.13 Å². The van der Waals surface area contributed by atoms with Gasteiger partial charge in [0.25, 0.3) is 0 Å². The van der Waals surface area contributed by atoms with Gasteiger partial charge in [0.05, 0.1) is 10.2 Å². The SMILES string of the molecule is O=C(C1CCN(c2nc3ccc(F)cc3s2)CC1)N1CCCC1. The monoisotopic (exact) mass is 333 g/mol. The molecule has 0 bridgehead atoms. The Morgan fingerprint density at radius 3 is 2.65 bits per heavy atom. The number of rotatable bonds is 2. The predicted octanol–water partition coefficient (Wildman–Crippen LogP) is 3.27. The van der Waals surface area contributed by atoms with Gasteiger partial charge < -0.3 is 9.80 Å². The summed E-state index contributed by atoms with van der Waals surface area (Å²) in [7, 11) is 0. The van der Waals surface area contributed by atoms with Gasteiger partial charge in [0, 0.05) is 32.1 Å². The number of nitrogens with zero attached hydrogens (tertiary/aromatic N) is 3. The Kier molecular flexibility index (Phi) is 3.93. The third-order valence-electron chi connectivity index (χ3n) is 4.87. The Morgan fingerprint density at radius 1 is 1.17 bits per heavy atom. The van der Waals surface area contributed by atoms with Crippen LogP contribution in [0, 0.1) is 11.7 Å². The lowest BCUT2D eigenvalue weighted by atomic mass is 9.95. The largest absolute Gasteiger partial charge is 0.348 e. The van der Waals surface area contributed by atoms with Gasteiger partial charge in [-0.05, 0) is 43.9 Å². The van der Waals surface area contributed by atoms with Crippen molar-refractivity contribution in [3.05, 3.63) is 24.0 Å². The Hall–Kier alpha value is -1.69. The van der Waals surface area contributed by atoms with Crippen LogP contribution in [-0.4, -0.2) is 42.0 Å². The number of fused-ring (bicyclic) bond motifs is 1. The van der Waals surface area contributed by atoms with Crippen LogP contribution in [0.1, 0.15) is 25.7 Å². The Balaban J connectivity index is 1.43. The van der Waals surface area contributed by atoms with E-state index < -0.39 is 0 Å². The minimum Gasteiger partial charge on any atom is -0.348 e. The lowest BCUT2D eigenvalue weighted by molar-refractivity contribution is -0.135. The second kappa shape index (κ2) is 6.07. The molecule has 4 rings (SSSR count). The summed E-state index contributed by atoms with van der Waals surface area (Å²) in [5, 5.41) is 0.942. The highest BCUT2D eigenvalue weighted by atomic mass is 32.1. The van der Waals surface area contributed by atoms with Crippen molar-refractivity contribution >= 4 is 32.6 Å². The molecule has 0 spiro atoms. The number of hydrogen-bond acceptors (Lipinski definition) is 4. The first-order chi connectivity index (χ1) is 11.2. The molecule has 0 aliphatic carbocycles. The fourth-order valence-corrected chi connectivity index (χ4v) is 4.58. The summed E-state index contributed by atoms with van der Waals surface area (Å²) < 4.78 is 14.2. The van der Waals surface area contributed by atoms with Crippen molar-refractivity contribution in [3.63, 3.8) is 0 Å². The van der Waals surface area contributed by atoms with E-state index >= 15 is 0 Å². The van der Waals surface area contributed by atoms with Gasteiger partial charge in [0.1, 0.15) is 5.82 Å². The summed E-state index contributed by atoms with van der Waals surface area (Å²) in [4.78, 5) is 21.3. The molecular weight excluding hydrogens is 313 g/mol. The molecule has 0 unspecified atom stereocenters. The van der Waals surface area contributed by atoms with Crippen molar-refractivity contribution in [3.8, 4) is 0 Å². The quantitative estimate of drug-likeness (QED) is 0.846. The molecule has 0 saturated carbocycles. The van der Waals surface area contributed by atoms with Crippen LogP contribution in [0.25, 0.3) is 10.2 Å². The van der Waals surface area contributed by atoms with E-state index in [-0.39, 0.29) is 11.7 Å². The van der Waals surface area contributed by atoms with Gasteiger partial charge in [-0.25, -0.2) is 9.37 Å². The van der Waals surface area contributed by atoms with Crippen molar-refractivity contribution < 1.29 is 9.18 Å². The molecular formula is C17H20FN3OS. The number of carbonyl (C=O) groups is 1. The minimum atomic E-state index is -0.220. The molecule has 6 heteroatoms. The average Bonchev–Trinajstić information content (AvgIpc) is 3.23. The van der Waals surface area contributed by atoms with Crippen LogP contribution in [0.2, 0.25) is 0 Å². The van der Waals surface area contributed by atoms with Crippen molar-refractivity contribution in [2.45, 2.75) is 25.7 Å². The zero-order valence-corrected chi connectivity index (χ0v) is 13.8. The normalized spacial score (nSPS) is 19.7. The molecule has 1 aromatic carbocycles. The zero-order valence-electron chi connectivity index (χ0n) is 13.0. The smallest absolute Gasteiger partial charge is 0.225 e. The molecule has 2 aromatic rings. The molecule has 0 radical (unpaired) electrons. The molecule has 23 heavy (non-hydrogen) atoms. The number of carbonyl (C=O) groups excluding carboxylic acids is 1. The molecule has 2 aliphatic heterocycles. The highest BCUT2D eigenvalue weighted by Crippen LogP contribution is 2.32. The van der Waals surface area contributed by atoms with Crippen LogP contribution >= 0.6 is 11.3 Å². The summed E-state index contributed by atoms with van der Waals surface area (Å²) in [6.07, 6.45) is 4.07. The first kappa shape index (κ1) is 14.9. The molecule has 2 fully saturated rings. The Labute approximate surface area is 138 Å². The van der Waals surface area contributed by atoms with E-state index in [1.807, 2.05) is 4.90 Å². The third-order valence-corrected chi connectivity index (χ3v) is 5.95. The van der Waals surface area contributed by atoms with Crippen LogP contribution in [0.15, 0.2) is 18.2 Å². The number of aromatic nitrogens is 1. The topological polar surface area (TPSA) is 36.4 Å². The van der Waals surface area contributed by atoms with Crippen molar-refractivity contribution in [2.75, 3.05) is 31.1 Å². The second-order valence-electron chi connectivity index (χ2n) is 6.40. The maximum Gasteiger partial charge on any atom is 0.225 e. The number of halogens is 1. The van der Waals surface area contributed by atoms with Crippen molar-refractivity contribution in [1.82, 2.24) is 9.88 Å². The number of hydrogen-bond donors (Lipinski definition) is 0. The van der Waals surface area contributed by atoms with E-state index in [1.54, 1.807) is 12.1 Å². The second-order valence-corrected chi connectivity index (χ2v) is 7.41. The Bertz CT molecular complexity index is 718. The van der Waals surface area contributed by atoms with Crippen LogP contribution in [0.4, 0.5) is 9.52 Å². The molecule has 0 N–H and O–H groups in total. The van der Waals surface area contributed by atoms with Crippen LogP contribution in [0.3, 0.4) is 0 Å². The van der Waals surface area contributed by atoms with E-state index in [0.29, 0.717) is 5.91 Å². The number of amides is 1. The maximum atomic E-state index is 13.3. The van der Waals surface area contributed by atoms with Crippen LogP contribution < -0.4 is 4.90 Å². The summed E-state index contributed by atoms with van der Waals surface area (Å²) in [6.45, 7) is 3.57. The number of thiazole rings is 1. The van der Waals surface area contributed by atoms with E-state index in [4.69, 9.17) is 0 Å². The van der Waals surface area contributed by atoms with Gasteiger partial charge >= 0.3 is 0 Å². The van der Waals surface area contributed by atoms with Gasteiger partial charge in [-0.15, -0.1) is 0 Å². The molecule has 3 heterocycles. The summed E-state index contributed by atoms with van der Waals surface area (Å²) in [5.41, 5.74) is 0.849. The molecule has 0 atom stereocenters. The fourth-order valence-electron chi connectivity index (χ4n) is 3.53. The fraction of sp³-hybridized carbons (Fsp3) is 0.529. The van der Waals surface area contributed by atoms with Gasteiger partial charge in [-0.1, -0.05) is 11.3 Å². The predicted molar refractivity (Wildman–Crippen MR) is 90.3 cm³/mol. The van der Waals surface area contributed by atoms with Gasteiger partial charge in [-0.3, -0.25) is 4.79 Å². The van der Waals surface area contributed by atoms with Crippen LogP contribution in [-0.2, 0) is 4.79 Å². The standard InChI is InChI=1S/C17H20FN3OS/c18-13-3-4-14-15(11-13)23-17(19-14)21-9-5-12(6-10-21)16(22)20-7-1-2-8-20/h3-4,11-12H,1-2,5-10H2. The van der Waals surface area contributed by atoms with Crippen molar-refractivity contribution in [2.24, 2.45) is 5.92 Å². The van der Waals surface area contributed by atoms with Gasteiger partial charge in [0.2, 0.25) is 5.91 Å². The number of benzene rings is 1. The lowest BCUT2D eigenvalue weighted by Crippen LogP contribution is -2.41. The first-order valence-corrected chi connectivity index (χ1v) is 9.12. The maximum absolute atomic E-state index is 13.3. The zero-order chi connectivity index (χ0) is 15.8. The molecule has 122 valence electrons. The molecule has 2 saturated heterocycles. The van der Waals surface area contributed by atoms with Gasteiger partial charge in [-0.2, -0.15) is 0 Å². The number of piperidine rings is 1. The average molecular weight is 333 g/mol. The van der Waals surface area contributed by atoms with E-state index in [0.717, 1.165) is 67.2 Å². The van der Waals surface area contributed by atoms with E-state index in [2.05, 4.69) is 9.88 Å². The summed E-state index contributed by atoms with van der Waals surface area (Å²) in [6, 6.07) is 4.72. The molecule has 4 nitrogen and oxygen atoms in total. The molecule has 2 aliphatic rings. The number of likely N-dealkylation sites (tertiary alicyclic amines) is 1. The van der Waals surface area contributed by atoms with Crippen LogP contribution in [0.5, 0.6) is 0 Å². The number of anilines is 1. The van der Waals surface area contributed by atoms with E-state index in [9.17, 15) is 9.18 Å². The first-order valence-electron chi connectivity index (χ1n) is 8.30. The highest BCUT2D eigenvalue weighted by molar-refractivity contribution is 7.22. The summed E-state index contributed by atoms with van der Waals surface area (Å²) >= 11 is 1.53. The molecule has 1 amide bonds. The third kappa shape index (κ3) is 2.92. The Morgan fingerprint density at radius 2 is 1.91 bits per heavy atom. The molecule has 1 aromatic heterocycles. The summed E-state index contributed by atoms with van der Waals surface area (Å²) in [5.74, 6) is 0.285. The minimum absolute atomic E-state index is 0.163.